The minimum absolute atomic E-state index is 0.498. The molecule has 0 saturated heterocycles. The Kier molecular flexibility index (Phi) is 3.95. The summed E-state index contributed by atoms with van der Waals surface area (Å²) in [5, 5.41) is 14.8. The maximum absolute atomic E-state index is 8.71. The number of hydrogen-bond donors (Lipinski definition) is 1. The molecular formula is C12H15N5S. The highest BCUT2D eigenvalue weighted by atomic mass is 32.1. The first kappa shape index (κ1) is 12.6. The lowest BCUT2D eigenvalue weighted by Crippen LogP contribution is -2.25. The number of nitriles is 1. The highest BCUT2D eigenvalue weighted by Gasteiger charge is 2.13. The summed E-state index contributed by atoms with van der Waals surface area (Å²) < 4.78 is 0. The van der Waals surface area contributed by atoms with Crippen molar-refractivity contribution < 1.29 is 0 Å². The van der Waals surface area contributed by atoms with Crippen LogP contribution in [0.4, 0.5) is 11.8 Å². The van der Waals surface area contributed by atoms with E-state index in [0.717, 1.165) is 22.6 Å². The van der Waals surface area contributed by atoms with Crippen molar-refractivity contribution in [3.63, 3.8) is 0 Å². The predicted octanol–water partition coefficient (Wildman–Crippen LogP) is 2.47. The molecule has 5 nitrogen and oxygen atoms in total. The molecule has 0 unspecified atom stereocenters. The Labute approximate surface area is 110 Å². The number of nitrogens with one attached hydrogen (secondary N) is 1. The number of hydrogen-bond acceptors (Lipinski definition) is 6. The lowest BCUT2D eigenvalue weighted by atomic mass is 10.3. The maximum Gasteiger partial charge on any atom is 0.225 e. The van der Waals surface area contributed by atoms with Gasteiger partial charge in [-0.3, -0.25) is 0 Å². The number of anilines is 2. The van der Waals surface area contributed by atoms with Crippen molar-refractivity contribution in [2.45, 2.75) is 13.3 Å². The van der Waals surface area contributed by atoms with Gasteiger partial charge < -0.3 is 10.2 Å². The summed E-state index contributed by atoms with van der Waals surface area (Å²) in [6.07, 6.45) is 0.498. The fraction of sp³-hybridized carbons (Fsp3) is 0.417. The van der Waals surface area contributed by atoms with E-state index < -0.39 is 0 Å². The molecule has 0 atom stereocenters. The highest BCUT2D eigenvalue weighted by molar-refractivity contribution is 7.16. The Morgan fingerprint density at radius 3 is 3.00 bits per heavy atom. The minimum Gasteiger partial charge on any atom is -0.357 e. The van der Waals surface area contributed by atoms with Crippen LogP contribution in [0.5, 0.6) is 0 Å². The van der Waals surface area contributed by atoms with Crippen molar-refractivity contribution in [2.24, 2.45) is 0 Å². The van der Waals surface area contributed by atoms with Crippen LogP contribution >= 0.6 is 11.3 Å². The van der Waals surface area contributed by atoms with Crippen LogP contribution in [0.25, 0.3) is 10.2 Å². The molecule has 0 aliphatic heterocycles. The van der Waals surface area contributed by atoms with Gasteiger partial charge >= 0.3 is 0 Å². The molecule has 0 aromatic carbocycles. The summed E-state index contributed by atoms with van der Waals surface area (Å²) in [7, 11) is 1.81. The molecule has 0 saturated carbocycles. The van der Waals surface area contributed by atoms with E-state index in [1.165, 1.54) is 0 Å². The fourth-order valence-electron chi connectivity index (χ4n) is 1.79. The van der Waals surface area contributed by atoms with E-state index in [2.05, 4.69) is 33.2 Å². The van der Waals surface area contributed by atoms with Gasteiger partial charge in [-0.25, -0.2) is 4.98 Å². The summed E-state index contributed by atoms with van der Waals surface area (Å²) in [4.78, 5) is 12.0. The third-order valence-corrected chi connectivity index (χ3v) is 3.51. The van der Waals surface area contributed by atoms with Crippen molar-refractivity contribution in [2.75, 3.05) is 30.4 Å². The molecule has 6 heteroatoms. The summed E-state index contributed by atoms with van der Waals surface area (Å²) >= 11 is 1.60. The molecule has 2 rings (SSSR count). The molecule has 0 bridgehead atoms. The molecule has 18 heavy (non-hydrogen) atoms. The van der Waals surface area contributed by atoms with Crippen molar-refractivity contribution in [3.8, 4) is 6.07 Å². The van der Waals surface area contributed by atoms with Crippen LogP contribution in [-0.4, -0.2) is 30.1 Å². The predicted molar refractivity (Wildman–Crippen MR) is 75.1 cm³/mol. The molecule has 0 fully saturated rings. The van der Waals surface area contributed by atoms with Gasteiger partial charge in [0.05, 0.1) is 17.9 Å². The van der Waals surface area contributed by atoms with Gasteiger partial charge in [0.2, 0.25) is 5.95 Å². The normalized spacial score (nSPS) is 10.3. The van der Waals surface area contributed by atoms with Gasteiger partial charge in [0.25, 0.3) is 0 Å². The second kappa shape index (κ2) is 5.65. The van der Waals surface area contributed by atoms with Crippen molar-refractivity contribution in [1.82, 2.24) is 9.97 Å². The Balaban J connectivity index is 2.46. The standard InChI is InChI=1S/C12H15N5S/c1-3-17(7-4-6-13)10-9-5-8-18-11(9)16-12(14-2)15-10/h5,8H,3-4,7H2,1-2H3,(H,14,15,16). The second-order valence-corrected chi connectivity index (χ2v) is 4.64. The van der Waals surface area contributed by atoms with Crippen LogP contribution in [-0.2, 0) is 0 Å². The topological polar surface area (TPSA) is 64.8 Å². The molecule has 2 aromatic rings. The molecule has 0 radical (unpaired) electrons. The average molecular weight is 261 g/mol. The lowest BCUT2D eigenvalue weighted by molar-refractivity contribution is 0.814. The monoisotopic (exact) mass is 261 g/mol. The quantitative estimate of drug-likeness (QED) is 0.895. The molecule has 0 aliphatic carbocycles. The average Bonchev–Trinajstić information content (AvgIpc) is 2.87. The Bertz CT molecular complexity index is 571. The van der Waals surface area contributed by atoms with Crippen molar-refractivity contribution in [3.05, 3.63) is 11.4 Å². The molecule has 0 spiro atoms. The fourth-order valence-corrected chi connectivity index (χ4v) is 2.55. The number of thiophene rings is 1. The molecule has 0 amide bonds. The molecular weight excluding hydrogens is 246 g/mol. The van der Waals surface area contributed by atoms with E-state index >= 15 is 0 Å². The maximum atomic E-state index is 8.71. The third-order valence-electron chi connectivity index (χ3n) is 2.70. The van der Waals surface area contributed by atoms with Crippen LogP contribution in [0, 0.1) is 11.3 Å². The van der Waals surface area contributed by atoms with E-state index in [9.17, 15) is 0 Å². The Morgan fingerprint density at radius 1 is 1.50 bits per heavy atom. The SMILES string of the molecule is CCN(CCC#N)c1nc(NC)nc2sccc12. The van der Waals surface area contributed by atoms with Crippen LogP contribution in [0.2, 0.25) is 0 Å². The van der Waals surface area contributed by atoms with Gasteiger partial charge in [0, 0.05) is 20.1 Å². The first-order chi connectivity index (χ1) is 8.80. The van der Waals surface area contributed by atoms with Crippen molar-refractivity contribution in [1.29, 1.82) is 5.26 Å². The number of rotatable bonds is 5. The van der Waals surface area contributed by atoms with Gasteiger partial charge in [-0.1, -0.05) is 0 Å². The van der Waals surface area contributed by atoms with Crippen LogP contribution in [0.1, 0.15) is 13.3 Å². The largest absolute Gasteiger partial charge is 0.357 e. The zero-order valence-electron chi connectivity index (χ0n) is 10.5. The summed E-state index contributed by atoms with van der Waals surface area (Å²) in [5.74, 6) is 1.53. The Hall–Kier alpha value is -1.87. The third kappa shape index (κ3) is 2.36. The van der Waals surface area contributed by atoms with Gasteiger partial charge in [0.1, 0.15) is 10.6 Å². The van der Waals surface area contributed by atoms with Gasteiger partial charge in [-0.15, -0.1) is 11.3 Å². The molecule has 1 N–H and O–H groups in total. The second-order valence-electron chi connectivity index (χ2n) is 3.75. The van der Waals surface area contributed by atoms with E-state index in [-0.39, 0.29) is 0 Å². The minimum atomic E-state index is 0.498. The zero-order chi connectivity index (χ0) is 13.0. The van der Waals surface area contributed by atoms with Gasteiger partial charge in [-0.2, -0.15) is 10.2 Å². The molecule has 2 heterocycles. The van der Waals surface area contributed by atoms with Crippen LogP contribution in [0.3, 0.4) is 0 Å². The van der Waals surface area contributed by atoms with E-state index in [1.807, 2.05) is 18.5 Å². The zero-order valence-corrected chi connectivity index (χ0v) is 11.3. The van der Waals surface area contributed by atoms with Crippen LogP contribution in [0.15, 0.2) is 11.4 Å². The first-order valence-electron chi connectivity index (χ1n) is 5.85. The first-order valence-corrected chi connectivity index (χ1v) is 6.73. The highest BCUT2D eigenvalue weighted by Crippen LogP contribution is 2.28. The van der Waals surface area contributed by atoms with Gasteiger partial charge in [-0.05, 0) is 18.4 Å². The number of fused-ring (bicyclic) bond motifs is 1. The Morgan fingerprint density at radius 2 is 2.33 bits per heavy atom. The summed E-state index contributed by atoms with van der Waals surface area (Å²) in [6.45, 7) is 3.58. The molecule has 0 aliphatic rings. The summed E-state index contributed by atoms with van der Waals surface area (Å²) in [5.41, 5.74) is 0. The summed E-state index contributed by atoms with van der Waals surface area (Å²) in [6, 6.07) is 4.21. The molecule has 2 aromatic heterocycles. The lowest BCUT2D eigenvalue weighted by Gasteiger charge is -2.21. The van der Waals surface area contributed by atoms with Crippen molar-refractivity contribution >= 4 is 33.3 Å². The number of nitrogens with zero attached hydrogens (tertiary/aromatic N) is 4. The smallest absolute Gasteiger partial charge is 0.225 e. The van der Waals surface area contributed by atoms with Crippen LogP contribution < -0.4 is 10.2 Å². The van der Waals surface area contributed by atoms with E-state index in [1.54, 1.807) is 11.3 Å². The van der Waals surface area contributed by atoms with E-state index in [0.29, 0.717) is 18.9 Å². The van der Waals surface area contributed by atoms with E-state index in [4.69, 9.17) is 5.26 Å². The number of aromatic nitrogens is 2. The van der Waals surface area contributed by atoms with Gasteiger partial charge in [0.15, 0.2) is 0 Å². The molecule has 94 valence electrons.